The second kappa shape index (κ2) is 13.9. The Morgan fingerprint density at radius 2 is 1.79 bits per heavy atom. The van der Waals surface area contributed by atoms with Gasteiger partial charge in [-0.2, -0.15) is 0 Å². The SMILES string of the molecule is CCCCCCNOCCOC(C)Oc1ccc(C(I)CC)cc1. The van der Waals surface area contributed by atoms with Crippen molar-refractivity contribution in [3.05, 3.63) is 29.8 Å². The maximum absolute atomic E-state index is 5.75. The van der Waals surface area contributed by atoms with E-state index in [9.17, 15) is 0 Å². The third kappa shape index (κ3) is 9.81. The van der Waals surface area contributed by atoms with Gasteiger partial charge in [0.05, 0.1) is 13.2 Å². The van der Waals surface area contributed by atoms with Crippen molar-refractivity contribution in [1.82, 2.24) is 5.48 Å². The lowest BCUT2D eigenvalue weighted by Gasteiger charge is -2.16. The molecule has 0 radical (unpaired) electrons. The van der Waals surface area contributed by atoms with Gasteiger partial charge in [0.2, 0.25) is 0 Å². The minimum Gasteiger partial charge on any atom is -0.465 e. The Morgan fingerprint density at radius 3 is 2.46 bits per heavy atom. The van der Waals surface area contributed by atoms with Crippen LogP contribution in [-0.2, 0) is 9.57 Å². The first kappa shape index (κ1) is 21.7. The zero-order valence-electron chi connectivity index (χ0n) is 15.2. The van der Waals surface area contributed by atoms with E-state index in [1.807, 2.05) is 19.1 Å². The normalized spacial score (nSPS) is 13.7. The van der Waals surface area contributed by atoms with Gasteiger partial charge in [-0.25, -0.2) is 5.48 Å². The molecule has 0 saturated heterocycles. The van der Waals surface area contributed by atoms with Gasteiger partial charge in [-0.15, -0.1) is 0 Å². The van der Waals surface area contributed by atoms with Crippen molar-refractivity contribution in [2.24, 2.45) is 0 Å². The molecule has 0 aliphatic heterocycles. The van der Waals surface area contributed by atoms with Crippen molar-refractivity contribution in [3.8, 4) is 5.75 Å². The first-order chi connectivity index (χ1) is 11.7. The van der Waals surface area contributed by atoms with E-state index in [4.69, 9.17) is 14.3 Å². The highest BCUT2D eigenvalue weighted by molar-refractivity contribution is 14.1. The van der Waals surface area contributed by atoms with Gasteiger partial charge in [0.25, 0.3) is 0 Å². The number of unbranched alkanes of at least 4 members (excludes halogenated alkanes) is 3. The monoisotopic (exact) mass is 449 g/mol. The van der Waals surface area contributed by atoms with Gasteiger partial charge < -0.3 is 9.47 Å². The van der Waals surface area contributed by atoms with Crippen LogP contribution in [0, 0.1) is 0 Å². The van der Waals surface area contributed by atoms with Gasteiger partial charge in [0.1, 0.15) is 5.75 Å². The number of halogens is 1. The van der Waals surface area contributed by atoms with Crippen molar-refractivity contribution in [3.63, 3.8) is 0 Å². The Bertz CT molecular complexity index is 414. The summed E-state index contributed by atoms with van der Waals surface area (Å²) in [5.74, 6) is 0.834. The fourth-order valence-corrected chi connectivity index (χ4v) is 2.66. The lowest BCUT2D eigenvalue weighted by Crippen LogP contribution is -2.23. The summed E-state index contributed by atoms with van der Waals surface area (Å²) in [5.41, 5.74) is 4.30. The molecule has 0 amide bonds. The second-order valence-electron chi connectivity index (χ2n) is 5.80. The molecule has 24 heavy (non-hydrogen) atoms. The van der Waals surface area contributed by atoms with Crippen molar-refractivity contribution >= 4 is 22.6 Å². The first-order valence-electron chi connectivity index (χ1n) is 9.04. The van der Waals surface area contributed by atoms with E-state index in [-0.39, 0.29) is 6.29 Å². The van der Waals surface area contributed by atoms with Gasteiger partial charge in [0.15, 0.2) is 6.29 Å². The van der Waals surface area contributed by atoms with Gasteiger partial charge >= 0.3 is 0 Å². The quantitative estimate of drug-likeness (QED) is 0.135. The van der Waals surface area contributed by atoms with Crippen LogP contribution in [0.4, 0.5) is 0 Å². The molecule has 5 heteroatoms. The Labute approximate surface area is 160 Å². The molecule has 138 valence electrons. The molecule has 2 atom stereocenters. The van der Waals surface area contributed by atoms with Crippen molar-refractivity contribution in [1.29, 1.82) is 0 Å². The summed E-state index contributed by atoms with van der Waals surface area (Å²) >= 11 is 2.46. The summed E-state index contributed by atoms with van der Waals surface area (Å²) in [4.78, 5) is 5.34. The van der Waals surface area contributed by atoms with E-state index in [1.165, 1.54) is 24.8 Å². The number of hydrogen-bond donors (Lipinski definition) is 1. The Balaban J connectivity index is 2.08. The summed E-state index contributed by atoms with van der Waals surface area (Å²) in [6.45, 7) is 8.23. The Hall–Kier alpha value is -0.370. The molecule has 1 aromatic rings. The number of hydroxylamine groups is 1. The van der Waals surface area contributed by atoms with E-state index in [1.54, 1.807) is 0 Å². The molecule has 1 N–H and O–H groups in total. The first-order valence-corrected chi connectivity index (χ1v) is 10.3. The lowest BCUT2D eigenvalue weighted by atomic mass is 10.1. The average Bonchev–Trinajstić information content (AvgIpc) is 2.60. The second-order valence-corrected chi connectivity index (χ2v) is 7.31. The zero-order valence-corrected chi connectivity index (χ0v) is 17.4. The number of rotatable bonds is 14. The number of benzene rings is 1. The average molecular weight is 449 g/mol. The number of hydrogen-bond acceptors (Lipinski definition) is 4. The molecule has 0 saturated carbocycles. The summed E-state index contributed by atoms with van der Waals surface area (Å²) in [6.07, 6.45) is 5.80. The molecule has 0 aliphatic rings. The van der Waals surface area contributed by atoms with Gasteiger partial charge in [-0.05, 0) is 37.5 Å². The van der Waals surface area contributed by atoms with Crippen LogP contribution >= 0.6 is 22.6 Å². The predicted octanol–water partition coefficient (Wildman–Crippen LogP) is 5.42. The summed E-state index contributed by atoms with van der Waals surface area (Å²) in [5, 5.41) is 0. The summed E-state index contributed by atoms with van der Waals surface area (Å²) in [7, 11) is 0. The van der Waals surface area contributed by atoms with Crippen molar-refractivity contribution in [2.45, 2.75) is 63.1 Å². The molecule has 4 nitrogen and oxygen atoms in total. The maximum Gasteiger partial charge on any atom is 0.197 e. The van der Waals surface area contributed by atoms with Gasteiger partial charge in [-0.3, -0.25) is 4.84 Å². The van der Waals surface area contributed by atoms with E-state index < -0.39 is 0 Å². The number of alkyl halides is 1. The van der Waals surface area contributed by atoms with Crippen LogP contribution in [0.15, 0.2) is 24.3 Å². The van der Waals surface area contributed by atoms with Gasteiger partial charge in [0, 0.05) is 10.5 Å². The molecule has 0 bridgehead atoms. The number of ether oxygens (including phenoxy) is 2. The fourth-order valence-electron chi connectivity index (χ4n) is 2.24. The molecule has 1 rings (SSSR count). The van der Waals surface area contributed by atoms with Crippen LogP contribution in [0.25, 0.3) is 0 Å². The predicted molar refractivity (Wildman–Crippen MR) is 108 cm³/mol. The topological polar surface area (TPSA) is 39.7 Å². The fraction of sp³-hybridized carbons (Fsp3) is 0.684. The van der Waals surface area contributed by atoms with E-state index in [0.717, 1.165) is 25.1 Å². The molecule has 0 heterocycles. The third-order valence-electron chi connectivity index (χ3n) is 3.67. The molecular formula is C19H32INO3. The van der Waals surface area contributed by atoms with Crippen LogP contribution in [0.5, 0.6) is 5.75 Å². The van der Waals surface area contributed by atoms with Crippen LogP contribution in [-0.4, -0.2) is 26.0 Å². The highest BCUT2D eigenvalue weighted by Gasteiger charge is 2.07. The lowest BCUT2D eigenvalue weighted by molar-refractivity contribution is -0.0941. The van der Waals surface area contributed by atoms with Crippen molar-refractivity contribution < 1.29 is 14.3 Å². The summed E-state index contributed by atoms with van der Waals surface area (Å²) in [6, 6.07) is 8.25. The van der Waals surface area contributed by atoms with Crippen molar-refractivity contribution in [2.75, 3.05) is 19.8 Å². The molecule has 2 unspecified atom stereocenters. The van der Waals surface area contributed by atoms with Crippen LogP contribution < -0.4 is 10.2 Å². The smallest absolute Gasteiger partial charge is 0.197 e. The van der Waals surface area contributed by atoms with Crippen LogP contribution in [0.3, 0.4) is 0 Å². The van der Waals surface area contributed by atoms with E-state index >= 15 is 0 Å². The zero-order chi connectivity index (χ0) is 17.6. The Kier molecular flexibility index (Phi) is 12.5. The van der Waals surface area contributed by atoms with Gasteiger partial charge in [-0.1, -0.05) is 67.8 Å². The maximum atomic E-state index is 5.75. The van der Waals surface area contributed by atoms with E-state index in [0.29, 0.717) is 17.1 Å². The highest BCUT2D eigenvalue weighted by atomic mass is 127. The minimum atomic E-state index is -0.287. The molecule has 0 spiro atoms. The molecule has 0 aromatic heterocycles. The molecular weight excluding hydrogens is 417 g/mol. The standard InChI is InChI=1S/C19H32INO3/c1-4-6-7-8-13-21-23-15-14-22-16(3)24-18-11-9-17(10-12-18)19(20)5-2/h9-12,16,19,21H,4-8,13-15H2,1-3H3. The van der Waals surface area contributed by atoms with E-state index in [2.05, 4.69) is 54.1 Å². The van der Waals surface area contributed by atoms with Crippen LogP contribution in [0.2, 0.25) is 0 Å². The molecule has 0 aliphatic carbocycles. The molecule has 1 aromatic carbocycles. The summed E-state index contributed by atoms with van der Waals surface area (Å²) < 4.78 is 11.9. The largest absolute Gasteiger partial charge is 0.465 e. The Morgan fingerprint density at radius 1 is 1.04 bits per heavy atom. The molecule has 0 fully saturated rings. The third-order valence-corrected chi connectivity index (χ3v) is 5.27. The van der Waals surface area contributed by atoms with Crippen LogP contribution in [0.1, 0.15) is 62.4 Å². The highest BCUT2D eigenvalue weighted by Crippen LogP contribution is 2.28. The minimum absolute atomic E-state index is 0.287. The number of nitrogens with one attached hydrogen (secondary N) is 1.